The SMILES string of the molecule is CCCCCOC(=O)c1ccc(C(=O)OC(CC)CCC)cc1. The molecule has 23 heavy (non-hydrogen) atoms. The predicted octanol–water partition coefficient (Wildman–Crippen LogP) is 4.77. The number of benzene rings is 1. The number of carbonyl (C=O) groups is 2. The molecule has 4 heteroatoms. The molecule has 0 saturated carbocycles. The fraction of sp³-hybridized carbons (Fsp3) is 0.579. The molecule has 0 amide bonds. The molecule has 128 valence electrons. The lowest BCUT2D eigenvalue weighted by Crippen LogP contribution is -2.17. The van der Waals surface area contributed by atoms with E-state index in [-0.39, 0.29) is 18.0 Å². The van der Waals surface area contributed by atoms with Gasteiger partial charge in [0.2, 0.25) is 0 Å². The van der Waals surface area contributed by atoms with E-state index in [2.05, 4.69) is 13.8 Å². The smallest absolute Gasteiger partial charge is 0.338 e. The summed E-state index contributed by atoms with van der Waals surface area (Å²) in [6, 6.07) is 6.45. The number of carbonyl (C=O) groups excluding carboxylic acids is 2. The minimum atomic E-state index is -0.349. The van der Waals surface area contributed by atoms with Crippen molar-refractivity contribution in [3.05, 3.63) is 35.4 Å². The van der Waals surface area contributed by atoms with Crippen LogP contribution in [0.2, 0.25) is 0 Å². The molecule has 4 nitrogen and oxygen atoms in total. The summed E-state index contributed by atoms with van der Waals surface area (Å²) in [6.45, 7) is 6.61. The molecule has 0 fully saturated rings. The van der Waals surface area contributed by atoms with E-state index in [4.69, 9.17) is 9.47 Å². The Morgan fingerprint density at radius 3 is 2.04 bits per heavy atom. The molecule has 0 aliphatic rings. The van der Waals surface area contributed by atoms with Gasteiger partial charge in [-0.05, 0) is 43.5 Å². The monoisotopic (exact) mass is 320 g/mol. The summed E-state index contributed by atoms with van der Waals surface area (Å²) in [5.41, 5.74) is 0.917. The van der Waals surface area contributed by atoms with E-state index in [1.807, 2.05) is 6.92 Å². The van der Waals surface area contributed by atoms with Gasteiger partial charge in [-0.25, -0.2) is 9.59 Å². The van der Waals surface area contributed by atoms with Gasteiger partial charge in [-0.3, -0.25) is 0 Å². The van der Waals surface area contributed by atoms with Crippen molar-refractivity contribution in [2.45, 2.75) is 65.4 Å². The van der Waals surface area contributed by atoms with Crippen molar-refractivity contribution in [1.82, 2.24) is 0 Å². The van der Waals surface area contributed by atoms with Gasteiger partial charge in [-0.1, -0.05) is 40.0 Å². The molecule has 1 atom stereocenters. The average Bonchev–Trinajstić information content (AvgIpc) is 2.58. The highest BCUT2D eigenvalue weighted by molar-refractivity contribution is 5.93. The van der Waals surface area contributed by atoms with Crippen molar-refractivity contribution in [2.75, 3.05) is 6.61 Å². The molecule has 0 bridgehead atoms. The van der Waals surface area contributed by atoms with Gasteiger partial charge in [0.05, 0.1) is 17.7 Å². The van der Waals surface area contributed by atoms with Crippen molar-refractivity contribution in [2.24, 2.45) is 0 Å². The molecule has 1 aromatic carbocycles. The van der Waals surface area contributed by atoms with Crippen molar-refractivity contribution in [3.63, 3.8) is 0 Å². The van der Waals surface area contributed by atoms with Crippen LogP contribution in [0.5, 0.6) is 0 Å². The summed E-state index contributed by atoms with van der Waals surface area (Å²) in [5, 5.41) is 0. The summed E-state index contributed by atoms with van der Waals surface area (Å²) < 4.78 is 10.7. The van der Waals surface area contributed by atoms with Gasteiger partial charge >= 0.3 is 11.9 Å². The van der Waals surface area contributed by atoms with Crippen molar-refractivity contribution >= 4 is 11.9 Å². The lowest BCUT2D eigenvalue weighted by molar-refractivity contribution is 0.0270. The molecule has 0 aromatic heterocycles. The maximum atomic E-state index is 12.1. The van der Waals surface area contributed by atoms with Crippen molar-refractivity contribution in [3.8, 4) is 0 Å². The van der Waals surface area contributed by atoms with Crippen LogP contribution in [0.3, 0.4) is 0 Å². The van der Waals surface area contributed by atoms with Gasteiger partial charge in [-0.15, -0.1) is 0 Å². The zero-order valence-electron chi connectivity index (χ0n) is 14.5. The molecule has 0 spiro atoms. The highest BCUT2D eigenvalue weighted by atomic mass is 16.5. The van der Waals surface area contributed by atoms with Crippen LogP contribution in [0.4, 0.5) is 0 Å². The minimum absolute atomic E-state index is 0.0456. The van der Waals surface area contributed by atoms with E-state index in [1.165, 1.54) is 0 Å². The zero-order chi connectivity index (χ0) is 17.1. The molecule has 1 aromatic rings. The number of unbranched alkanes of at least 4 members (excludes halogenated alkanes) is 2. The van der Waals surface area contributed by atoms with Gasteiger partial charge in [0.25, 0.3) is 0 Å². The molecule has 0 aliphatic heterocycles. The van der Waals surface area contributed by atoms with Gasteiger partial charge in [0, 0.05) is 0 Å². The zero-order valence-corrected chi connectivity index (χ0v) is 14.5. The Morgan fingerprint density at radius 1 is 0.913 bits per heavy atom. The lowest BCUT2D eigenvalue weighted by atomic mass is 10.1. The summed E-state index contributed by atoms with van der Waals surface area (Å²) in [6.07, 6.45) is 5.62. The predicted molar refractivity (Wildman–Crippen MR) is 90.7 cm³/mol. The molecule has 0 heterocycles. The van der Waals surface area contributed by atoms with E-state index in [9.17, 15) is 9.59 Å². The number of hydrogen-bond acceptors (Lipinski definition) is 4. The standard InChI is InChI=1S/C19H28O4/c1-4-7-8-14-22-18(20)15-10-12-16(13-11-15)19(21)23-17(6-3)9-5-2/h10-13,17H,4-9,14H2,1-3H3. The summed E-state index contributed by atoms with van der Waals surface area (Å²) in [4.78, 5) is 23.9. The highest BCUT2D eigenvalue weighted by Crippen LogP contribution is 2.12. The largest absolute Gasteiger partial charge is 0.462 e. The topological polar surface area (TPSA) is 52.6 Å². The molecule has 1 rings (SSSR count). The second kappa shape index (κ2) is 10.8. The van der Waals surface area contributed by atoms with E-state index in [1.54, 1.807) is 24.3 Å². The van der Waals surface area contributed by atoms with E-state index in [0.717, 1.165) is 38.5 Å². The van der Waals surface area contributed by atoms with E-state index in [0.29, 0.717) is 17.7 Å². The second-order valence-corrected chi connectivity index (χ2v) is 5.64. The first kappa shape index (κ1) is 19.2. The lowest BCUT2D eigenvalue weighted by Gasteiger charge is -2.15. The molecule has 0 radical (unpaired) electrons. The van der Waals surface area contributed by atoms with Crippen LogP contribution in [-0.2, 0) is 9.47 Å². The quantitative estimate of drug-likeness (QED) is 0.460. The highest BCUT2D eigenvalue weighted by Gasteiger charge is 2.15. The summed E-state index contributed by atoms with van der Waals surface area (Å²) in [7, 11) is 0. The first-order valence-corrected chi connectivity index (χ1v) is 8.60. The summed E-state index contributed by atoms with van der Waals surface area (Å²) in [5.74, 6) is -0.688. The van der Waals surface area contributed by atoms with Crippen LogP contribution in [0.1, 0.15) is 80.0 Å². The Bertz CT molecular complexity index is 479. The number of hydrogen-bond donors (Lipinski definition) is 0. The van der Waals surface area contributed by atoms with Crippen LogP contribution in [0.25, 0.3) is 0 Å². The van der Waals surface area contributed by atoms with Crippen molar-refractivity contribution < 1.29 is 19.1 Å². The molecular formula is C19H28O4. The van der Waals surface area contributed by atoms with Crippen LogP contribution in [0.15, 0.2) is 24.3 Å². The van der Waals surface area contributed by atoms with Crippen LogP contribution in [-0.4, -0.2) is 24.6 Å². The normalized spacial score (nSPS) is 11.8. The summed E-state index contributed by atoms with van der Waals surface area (Å²) >= 11 is 0. The molecule has 0 aliphatic carbocycles. The van der Waals surface area contributed by atoms with Crippen LogP contribution in [0, 0.1) is 0 Å². The fourth-order valence-corrected chi connectivity index (χ4v) is 2.23. The Balaban J connectivity index is 2.54. The fourth-order valence-electron chi connectivity index (χ4n) is 2.23. The molecular weight excluding hydrogens is 292 g/mol. The molecule has 1 unspecified atom stereocenters. The third-order valence-electron chi connectivity index (χ3n) is 3.68. The van der Waals surface area contributed by atoms with Gasteiger partial charge in [0.15, 0.2) is 0 Å². The van der Waals surface area contributed by atoms with Crippen molar-refractivity contribution in [1.29, 1.82) is 0 Å². The number of ether oxygens (including phenoxy) is 2. The third kappa shape index (κ3) is 6.85. The number of rotatable bonds is 10. The van der Waals surface area contributed by atoms with E-state index < -0.39 is 0 Å². The Labute approximate surface area is 139 Å². The maximum Gasteiger partial charge on any atom is 0.338 e. The molecule has 0 saturated heterocycles. The molecule has 0 N–H and O–H groups in total. The van der Waals surface area contributed by atoms with Crippen LogP contribution < -0.4 is 0 Å². The Hall–Kier alpha value is -1.84. The van der Waals surface area contributed by atoms with Gasteiger partial charge in [0.1, 0.15) is 6.10 Å². The van der Waals surface area contributed by atoms with Gasteiger partial charge < -0.3 is 9.47 Å². The van der Waals surface area contributed by atoms with E-state index >= 15 is 0 Å². The average molecular weight is 320 g/mol. The first-order chi connectivity index (χ1) is 11.1. The Morgan fingerprint density at radius 2 is 1.52 bits per heavy atom. The van der Waals surface area contributed by atoms with Gasteiger partial charge in [-0.2, -0.15) is 0 Å². The number of esters is 2. The van der Waals surface area contributed by atoms with Crippen LogP contribution >= 0.6 is 0 Å². The second-order valence-electron chi connectivity index (χ2n) is 5.64. The minimum Gasteiger partial charge on any atom is -0.462 e. The first-order valence-electron chi connectivity index (χ1n) is 8.60. The maximum absolute atomic E-state index is 12.1. The third-order valence-corrected chi connectivity index (χ3v) is 3.68. The Kier molecular flexibility index (Phi) is 9.03.